The molecule has 0 saturated carbocycles. The molecule has 4 rings (SSSR count). The van der Waals surface area contributed by atoms with Crippen LogP contribution in [0.3, 0.4) is 0 Å². The van der Waals surface area contributed by atoms with E-state index in [1.807, 2.05) is 0 Å². The Balaban J connectivity index is 1.78. The maximum atomic E-state index is 12.9. The van der Waals surface area contributed by atoms with E-state index in [0.29, 0.717) is 22.6 Å². The van der Waals surface area contributed by atoms with Crippen molar-refractivity contribution in [3.63, 3.8) is 0 Å². The average Bonchev–Trinajstić information content (AvgIpc) is 3.24. The second kappa shape index (κ2) is 9.81. The summed E-state index contributed by atoms with van der Waals surface area (Å²) in [6.45, 7) is -1.04. The summed E-state index contributed by atoms with van der Waals surface area (Å²) in [4.78, 5) is 23.5. The van der Waals surface area contributed by atoms with E-state index >= 15 is 0 Å². The molecule has 5 N–H and O–H groups in total. The number of nitrogen functional groups attached to an aromatic ring is 1. The highest BCUT2D eigenvalue weighted by molar-refractivity contribution is 5.95. The highest BCUT2D eigenvalue weighted by Crippen LogP contribution is 2.33. The third kappa shape index (κ3) is 4.70. The van der Waals surface area contributed by atoms with Crippen molar-refractivity contribution in [2.24, 2.45) is 5.73 Å². The lowest BCUT2D eigenvalue weighted by molar-refractivity contribution is 0.184. The Bertz CT molecular complexity index is 1340. The molecule has 0 bridgehead atoms. The van der Waals surface area contributed by atoms with Gasteiger partial charge in [0.1, 0.15) is 11.9 Å². The van der Waals surface area contributed by atoms with Crippen LogP contribution < -0.4 is 26.2 Å². The van der Waals surface area contributed by atoms with E-state index < -0.39 is 18.6 Å². The number of benzene rings is 2. The predicted molar refractivity (Wildman–Crippen MR) is 122 cm³/mol. The number of alkyl halides is 1. The number of nitrogens with two attached hydrogens (primary N) is 1. The Labute approximate surface area is 192 Å². The summed E-state index contributed by atoms with van der Waals surface area (Å²) in [5.41, 5.74) is 6.83. The van der Waals surface area contributed by atoms with Crippen molar-refractivity contribution in [2.75, 3.05) is 19.3 Å². The molecule has 12 heteroatoms. The lowest BCUT2D eigenvalue weighted by atomic mass is 10.0. The minimum absolute atomic E-state index is 0.0581. The molecule has 0 fully saturated rings. The number of amidine groups is 1. The van der Waals surface area contributed by atoms with E-state index in [4.69, 9.17) is 20.6 Å². The van der Waals surface area contributed by atoms with E-state index in [9.17, 15) is 9.18 Å². The first-order valence-corrected chi connectivity index (χ1v) is 10.0. The number of aromatic nitrogens is 5. The molecule has 0 spiro atoms. The number of aromatic amines is 1. The van der Waals surface area contributed by atoms with Crippen LogP contribution in [0.2, 0.25) is 0 Å². The van der Waals surface area contributed by atoms with Crippen LogP contribution in [0.25, 0.3) is 5.95 Å². The quantitative estimate of drug-likeness (QED) is 0.217. The van der Waals surface area contributed by atoms with Gasteiger partial charge in [-0.2, -0.15) is 0 Å². The van der Waals surface area contributed by atoms with Gasteiger partial charge in [-0.15, -0.1) is 9.78 Å². The molecule has 0 aliphatic heterocycles. The standard InChI is InChI=1S/C22H21FN8O3/c1-33-16-8-5-14(11-17(16)34-12-23)18(28-15-6-3-13(4-7-15)19(24)25)20-29-22(32)31(30-20)21-26-9-2-10-27-21/h2-11,18,28H,12H2,1H3,(H3,24,25)(H,29,30,32). The number of methoxy groups -OCH3 is 1. The SMILES string of the molecule is COc1ccc(C(Nc2ccc(C(=N)N)cc2)c2nn(-c3ncccn3)c(=O)[nH]2)cc1OCF. The van der Waals surface area contributed by atoms with Gasteiger partial charge in [-0.25, -0.2) is 19.2 Å². The first-order chi connectivity index (χ1) is 16.5. The van der Waals surface area contributed by atoms with Gasteiger partial charge in [-0.1, -0.05) is 6.07 Å². The third-order valence-electron chi connectivity index (χ3n) is 4.89. The fraction of sp³-hybridized carbons (Fsp3) is 0.136. The molecule has 4 aromatic rings. The summed E-state index contributed by atoms with van der Waals surface area (Å²) in [5, 5.41) is 15.2. The molecule has 34 heavy (non-hydrogen) atoms. The zero-order valence-electron chi connectivity index (χ0n) is 18.0. The predicted octanol–water partition coefficient (Wildman–Crippen LogP) is 2.15. The molecule has 1 unspecified atom stereocenters. The molecule has 174 valence electrons. The fourth-order valence-corrected chi connectivity index (χ4v) is 3.27. The molecule has 0 aliphatic rings. The number of hydrogen-bond acceptors (Lipinski definition) is 8. The molecule has 0 radical (unpaired) electrons. The van der Waals surface area contributed by atoms with E-state index in [0.717, 1.165) is 4.68 Å². The van der Waals surface area contributed by atoms with Crippen LogP contribution in [0, 0.1) is 5.41 Å². The molecule has 0 saturated heterocycles. The number of rotatable bonds is 9. The van der Waals surface area contributed by atoms with Gasteiger partial charge in [0.25, 0.3) is 5.95 Å². The van der Waals surface area contributed by atoms with Crippen molar-refractivity contribution in [3.05, 3.63) is 88.4 Å². The molecular formula is C22H21FN8O3. The van der Waals surface area contributed by atoms with Crippen LogP contribution in [0.5, 0.6) is 11.5 Å². The van der Waals surface area contributed by atoms with Crippen molar-refractivity contribution >= 4 is 11.5 Å². The lowest BCUT2D eigenvalue weighted by Gasteiger charge is -2.20. The zero-order chi connectivity index (χ0) is 24.1. The second-order valence-corrected chi connectivity index (χ2v) is 7.01. The van der Waals surface area contributed by atoms with E-state index in [-0.39, 0.29) is 23.4 Å². The number of nitrogens with one attached hydrogen (secondary N) is 3. The lowest BCUT2D eigenvalue weighted by Crippen LogP contribution is -2.18. The van der Waals surface area contributed by atoms with Crippen LogP contribution in [-0.2, 0) is 0 Å². The number of anilines is 1. The van der Waals surface area contributed by atoms with Crippen LogP contribution >= 0.6 is 0 Å². The maximum Gasteiger partial charge on any atom is 0.350 e. The molecule has 2 heterocycles. The number of ether oxygens (including phenoxy) is 2. The normalized spacial score (nSPS) is 11.6. The first kappa shape index (κ1) is 22.5. The van der Waals surface area contributed by atoms with Gasteiger partial charge in [0.05, 0.1) is 7.11 Å². The van der Waals surface area contributed by atoms with E-state index in [1.165, 1.54) is 19.5 Å². The van der Waals surface area contributed by atoms with Crippen molar-refractivity contribution in [2.45, 2.75) is 6.04 Å². The molecule has 2 aromatic carbocycles. The maximum absolute atomic E-state index is 12.9. The summed E-state index contributed by atoms with van der Waals surface area (Å²) in [6.07, 6.45) is 3.00. The van der Waals surface area contributed by atoms with Crippen LogP contribution in [-0.4, -0.2) is 44.5 Å². The molecular weight excluding hydrogens is 443 g/mol. The van der Waals surface area contributed by atoms with Crippen molar-refractivity contribution in [3.8, 4) is 17.4 Å². The summed E-state index contributed by atoms with van der Waals surface area (Å²) in [5.74, 6) is 0.842. The van der Waals surface area contributed by atoms with Crippen LogP contribution in [0.15, 0.2) is 65.7 Å². The van der Waals surface area contributed by atoms with Crippen LogP contribution in [0.1, 0.15) is 23.0 Å². The number of nitrogens with zero attached hydrogens (tertiary/aromatic N) is 4. The smallest absolute Gasteiger partial charge is 0.350 e. The largest absolute Gasteiger partial charge is 0.493 e. The number of H-pyrrole nitrogens is 1. The molecule has 0 aliphatic carbocycles. The molecule has 11 nitrogen and oxygen atoms in total. The van der Waals surface area contributed by atoms with Gasteiger partial charge in [-0.3, -0.25) is 10.4 Å². The Hall–Kier alpha value is -4.74. The summed E-state index contributed by atoms with van der Waals surface area (Å²) >= 11 is 0. The van der Waals surface area contributed by atoms with Crippen molar-refractivity contribution < 1.29 is 13.9 Å². The number of hydrogen-bond donors (Lipinski definition) is 4. The second-order valence-electron chi connectivity index (χ2n) is 7.01. The summed E-state index contributed by atoms with van der Waals surface area (Å²) in [6, 6.07) is 12.7. The Morgan fingerprint density at radius 3 is 2.59 bits per heavy atom. The van der Waals surface area contributed by atoms with E-state index in [1.54, 1.807) is 48.5 Å². The highest BCUT2D eigenvalue weighted by Gasteiger charge is 2.22. The van der Waals surface area contributed by atoms with Crippen molar-refractivity contribution in [1.82, 2.24) is 24.7 Å². The minimum Gasteiger partial charge on any atom is -0.493 e. The molecule has 2 aromatic heterocycles. The van der Waals surface area contributed by atoms with E-state index in [2.05, 4.69) is 25.4 Å². The van der Waals surface area contributed by atoms with Crippen molar-refractivity contribution in [1.29, 1.82) is 5.41 Å². The topological polar surface area (TPSA) is 157 Å². The van der Waals surface area contributed by atoms with Gasteiger partial charge in [0.15, 0.2) is 17.3 Å². The molecule has 0 amide bonds. The zero-order valence-corrected chi connectivity index (χ0v) is 18.0. The first-order valence-electron chi connectivity index (χ1n) is 10.0. The van der Waals surface area contributed by atoms with Gasteiger partial charge in [0.2, 0.25) is 6.86 Å². The third-order valence-corrected chi connectivity index (χ3v) is 4.89. The monoisotopic (exact) mass is 464 g/mol. The fourth-order valence-electron chi connectivity index (χ4n) is 3.27. The van der Waals surface area contributed by atoms with Gasteiger partial charge < -0.3 is 20.5 Å². The summed E-state index contributed by atoms with van der Waals surface area (Å²) < 4.78 is 24.3. The van der Waals surface area contributed by atoms with Gasteiger partial charge in [-0.05, 0) is 48.0 Å². The Morgan fingerprint density at radius 1 is 1.21 bits per heavy atom. The average molecular weight is 464 g/mol. The highest BCUT2D eigenvalue weighted by atomic mass is 19.1. The minimum atomic E-state index is -1.04. The Morgan fingerprint density at radius 2 is 1.94 bits per heavy atom. The number of halogens is 1. The van der Waals surface area contributed by atoms with Gasteiger partial charge in [0, 0.05) is 23.6 Å². The molecule has 1 atom stereocenters. The van der Waals surface area contributed by atoms with Crippen LogP contribution in [0.4, 0.5) is 10.1 Å². The Kier molecular flexibility index (Phi) is 6.48. The van der Waals surface area contributed by atoms with Gasteiger partial charge >= 0.3 is 5.69 Å². The summed E-state index contributed by atoms with van der Waals surface area (Å²) in [7, 11) is 1.45.